The van der Waals surface area contributed by atoms with Crippen molar-refractivity contribution in [1.29, 1.82) is 0 Å². The zero-order chi connectivity index (χ0) is 23.5. The molecular formula is C20H24F3N3O4S2. The average Bonchev–Trinajstić information content (AvgIpc) is 3.11. The smallest absolute Gasteiger partial charge is 0.416 e. The van der Waals surface area contributed by atoms with Gasteiger partial charge in [0.1, 0.15) is 6.54 Å². The fourth-order valence-electron chi connectivity index (χ4n) is 3.60. The van der Waals surface area contributed by atoms with Gasteiger partial charge in [0.05, 0.1) is 29.3 Å². The molecule has 3 rings (SSSR count). The first kappa shape index (κ1) is 24.6. The molecule has 1 aliphatic rings. The molecule has 176 valence electrons. The average molecular weight is 492 g/mol. The highest BCUT2D eigenvalue weighted by Gasteiger charge is 2.34. The molecule has 12 heteroatoms. The summed E-state index contributed by atoms with van der Waals surface area (Å²) in [5.41, 5.74) is 0.311. The molecule has 0 fully saturated rings. The van der Waals surface area contributed by atoms with Gasteiger partial charge in [-0.1, -0.05) is 6.92 Å². The minimum atomic E-state index is -4.67. The van der Waals surface area contributed by atoms with E-state index in [4.69, 9.17) is 4.74 Å². The fourth-order valence-corrected chi connectivity index (χ4v) is 5.75. The van der Waals surface area contributed by atoms with E-state index in [9.17, 15) is 26.4 Å². The number of sulfonamides is 1. The van der Waals surface area contributed by atoms with Gasteiger partial charge in [0, 0.05) is 16.2 Å². The highest BCUT2D eigenvalue weighted by molar-refractivity contribution is 7.99. The lowest BCUT2D eigenvalue weighted by molar-refractivity contribution is -0.144. The molecule has 1 aromatic carbocycles. The van der Waals surface area contributed by atoms with Crippen molar-refractivity contribution in [2.45, 2.75) is 61.7 Å². The van der Waals surface area contributed by atoms with Gasteiger partial charge >= 0.3 is 12.1 Å². The van der Waals surface area contributed by atoms with E-state index in [1.165, 1.54) is 16.9 Å². The van der Waals surface area contributed by atoms with Crippen molar-refractivity contribution in [2.24, 2.45) is 0 Å². The minimum absolute atomic E-state index is 0.0894. The second-order valence-electron chi connectivity index (χ2n) is 7.20. The van der Waals surface area contributed by atoms with E-state index in [0.29, 0.717) is 42.3 Å². The Morgan fingerprint density at radius 3 is 2.72 bits per heavy atom. The van der Waals surface area contributed by atoms with Gasteiger partial charge in [0.2, 0.25) is 10.0 Å². The SMILES string of the molecule is CCOC(=O)Cn1ncc2c1CCCC2NS(=O)(=O)c1cc(SCC)cc(C(F)(F)F)c1. The maximum absolute atomic E-state index is 13.3. The number of benzene rings is 1. The number of esters is 1. The molecule has 0 spiro atoms. The van der Waals surface area contributed by atoms with E-state index >= 15 is 0 Å². The number of nitrogens with zero attached hydrogens (tertiary/aromatic N) is 2. The summed E-state index contributed by atoms with van der Waals surface area (Å²) < 4.78 is 75.0. The summed E-state index contributed by atoms with van der Waals surface area (Å²) in [4.78, 5) is 11.6. The number of fused-ring (bicyclic) bond motifs is 1. The first-order valence-corrected chi connectivity index (χ1v) is 12.6. The Morgan fingerprint density at radius 2 is 2.06 bits per heavy atom. The van der Waals surface area contributed by atoms with Gasteiger partial charge in [0.25, 0.3) is 0 Å². The molecule has 1 unspecified atom stereocenters. The van der Waals surface area contributed by atoms with E-state index in [1.807, 2.05) is 0 Å². The molecule has 2 aromatic rings. The number of nitrogens with one attached hydrogen (secondary N) is 1. The highest BCUT2D eigenvalue weighted by Crippen LogP contribution is 2.36. The molecule has 0 amide bonds. The van der Waals surface area contributed by atoms with Crippen molar-refractivity contribution in [3.8, 4) is 0 Å². The molecule has 1 heterocycles. The zero-order valence-electron chi connectivity index (χ0n) is 17.6. The fraction of sp³-hybridized carbons (Fsp3) is 0.500. The van der Waals surface area contributed by atoms with Crippen LogP contribution in [0, 0.1) is 0 Å². The minimum Gasteiger partial charge on any atom is -0.465 e. The zero-order valence-corrected chi connectivity index (χ0v) is 19.2. The van der Waals surface area contributed by atoms with Gasteiger partial charge in [0.15, 0.2) is 0 Å². The van der Waals surface area contributed by atoms with Crippen molar-refractivity contribution in [1.82, 2.24) is 14.5 Å². The number of carbonyl (C=O) groups is 1. The number of aromatic nitrogens is 2. The Bertz CT molecular complexity index is 1080. The number of thioether (sulfide) groups is 1. The Morgan fingerprint density at radius 1 is 1.31 bits per heavy atom. The van der Waals surface area contributed by atoms with E-state index < -0.39 is 38.7 Å². The lowest BCUT2D eigenvalue weighted by Crippen LogP contribution is -2.31. The summed E-state index contributed by atoms with van der Waals surface area (Å²) in [5.74, 6) is 0.0471. The van der Waals surface area contributed by atoms with Gasteiger partial charge in [-0.2, -0.15) is 18.3 Å². The van der Waals surface area contributed by atoms with Gasteiger partial charge in [-0.15, -0.1) is 11.8 Å². The topological polar surface area (TPSA) is 90.3 Å². The Labute approximate surface area is 188 Å². The third-order valence-electron chi connectivity index (χ3n) is 4.97. The number of rotatable bonds is 8. The van der Waals surface area contributed by atoms with E-state index in [0.717, 1.165) is 17.8 Å². The number of halogens is 3. The van der Waals surface area contributed by atoms with Crippen LogP contribution in [0.1, 0.15) is 49.6 Å². The van der Waals surface area contributed by atoms with Crippen molar-refractivity contribution in [3.05, 3.63) is 41.2 Å². The normalized spacial score (nSPS) is 16.6. The lowest BCUT2D eigenvalue weighted by atomic mass is 9.94. The van der Waals surface area contributed by atoms with Crippen LogP contribution in [-0.2, 0) is 38.7 Å². The summed E-state index contributed by atoms with van der Waals surface area (Å²) in [6.07, 6.45) is -1.47. The molecule has 0 saturated heterocycles. The molecule has 7 nitrogen and oxygen atoms in total. The lowest BCUT2D eigenvalue weighted by Gasteiger charge is -2.24. The molecule has 1 N–H and O–H groups in total. The standard InChI is InChI=1S/C20H24F3N3O4S2/c1-3-30-19(27)12-26-18-7-5-6-17(16(18)11-24-26)25-32(28,29)15-9-13(20(21,22)23)8-14(10-15)31-4-2/h8-11,17,25H,3-7,12H2,1-2H3. The third-order valence-corrected chi connectivity index (χ3v) is 7.28. The molecule has 1 aromatic heterocycles. The first-order valence-electron chi connectivity index (χ1n) is 10.1. The van der Waals surface area contributed by atoms with Gasteiger partial charge in [-0.25, -0.2) is 13.1 Å². The van der Waals surface area contributed by atoms with Crippen LogP contribution in [0.25, 0.3) is 0 Å². The molecular weight excluding hydrogens is 467 g/mol. The van der Waals surface area contributed by atoms with Crippen LogP contribution >= 0.6 is 11.8 Å². The summed E-state index contributed by atoms with van der Waals surface area (Å²) in [6, 6.07) is 2.19. The van der Waals surface area contributed by atoms with Crippen LogP contribution in [-0.4, -0.2) is 36.5 Å². The van der Waals surface area contributed by atoms with Crippen molar-refractivity contribution in [2.75, 3.05) is 12.4 Å². The van der Waals surface area contributed by atoms with Crippen molar-refractivity contribution < 1.29 is 31.1 Å². The van der Waals surface area contributed by atoms with Gasteiger partial charge in [-0.05, 0) is 50.1 Å². The number of hydrogen-bond donors (Lipinski definition) is 1. The molecule has 1 atom stereocenters. The Balaban J connectivity index is 1.89. The second kappa shape index (κ2) is 9.84. The van der Waals surface area contributed by atoms with Gasteiger partial charge in [-0.3, -0.25) is 9.48 Å². The molecule has 1 aliphatic carbocycles. The third kappa shape index (κ3) is 5.65. The van der Waals surface area contributed by atoms with Crippen LogP contribution < -0.4 is 4.72 Å². The number of ether oxygens (including phenoxy) is 1. The molecule has 32 heavy (non-hydrogen) atoms. The quantitative estimate of drug-likeness (QED) is 0.445. The summed E-state index contributed by atoms with van der Waals surface area (Å²) in [6.45, 7) is 3.61. The molecule has 0 bridgehead atoms. The Hall–Kier alpha value is -2.05. The van der Waals surface area contributed by atoms with Gasteiger partial charge < -0.3 is 4.74 Å². The van der Waals surface area contributed by atoms with Crippen LogP contribution in [0.3, 0.4) is 0 Å². The predicted molar refractivity (Wildman–Crippen MR) is 113 cm³/mol. The van der Waals surface area contributed by atoms with Crippen LogP contribution in [0.5, 0.6) is 0 Å². The molecule has 0 saturated carbocycles. The number of hydrogen-bond acceptors (Lipinski definition) is 6. The van der Waals surface area contributed by atoms with Crippen LogP contribution in [0.4, 0.5) is 13.2 Å². The highest BCUT2D eigenvalue weighted by atomic mass is 32.2. The molecule has 0 aliphatic heterocycles. The summed E-state index contributed by atoms with van der Waals surface area (Å²) in [7, 11) is -4.24. The van der Waals surface area contributed by atoms with Crippen LogP contribution in [0.15, 0.2) is 34.2 Å². The first-order chi connectivity index (χ1) is 15.0. The summed E-state index contributed by atoms with van der Waals surface area (Å²) in [5, 5.41) is 4.19. The number of alkyl halides is 3. The second-order valence-corrected chi connectivity index (χ2v) is 10.3. The van der Waals surface area contributed by atoms with E-state index in [2.05, 4.69) is 9.82 Å². The largest absolute Gasteiger partial charge is 0.465 e. The van der Waals surface area contributed by atoms with Crippen LogP contribution in [0.2, 0.25) is 0 Å². The maximum atomic E-state index is 13.3. The Kier molecular flexibility index (Phi) is 7.56. The monoisotopic (exact) mass is 491 g/mol. The van der Waals surface area contributed by atoms with Crippen molar-refractivity contribution >= 4 is 27.8 Å². The van der Waals surface area contributed by atoms with Crippen molar-refractivity contribution in [3.63, 3.8) is 0 Å². The van der Waals surface area contributed by atoms with E-state index in [1.54, 1.807) is 13.8 Å². The predicted octanol–water partition coefficient (Wildman–Crippen LogP) is 3.93. The maximum Gasteiger partial charge on any atom is 0.416 e. The number of carbonyl (C=O) groups excluding carboxylic acids is 1. The summed E-state index contributed by atoms with van der Waals surface area (Å²) >= 11 is 1.13. The van der Waals surface area contributed by atoms with E-state index in [-0.39, 0.29) is 18.0 Å². The molecule has 0 radical (unpaired) electrons.